The third-order valence-corrected chi connectivity index (χ3v) is 3.06. The molecular formula is C12H17NO2S. The second-order valence-corrected chi connectivity index (χ2v) is 4.65. The van der Waals surface area contributed by atoms with Gasteiger partial charge in [0.05, 0.1) is 5.75 Å². The highest BCUT2D eigenvalue weighted by Gasteiger charge is 2.01. The first-order chi connectivity index (χ1) is 7.72. The Morgan fingerprint density at radius 1 is 1.38 bits per heavy atom. The van der Waals surface area contributed by atoms with Crippen molar-refractivity contribution in [3.63, 3.8) is 0 Å². The van der Waals surface area contributed by atoms with Gasteiger partial charge in [0.2, 0.25) is 5.91 Å². The fourth-order valence-electron chi connectivity index (χ4n) is 1.17. The van der Waals surface area contributed by atoms with Gasteiger partial charge in [0.15, 0.2) is 0 Å². The number of hydrogen-bond acceptors (Lipinski definition) is 3. The fraction of sp³-hybridized carbons (Fsp3) is 0.417. The van der Waals surface area contributed by atoms with E-state index >= 15 is 0 Å². The van der Waals surface area contributed by atoms with Crippen molar-refractivity contribution in [1.29, 1.82) is 0 Å². The summed E-state index contributed by atoms with van der Waals surface area (Å²) in [6.07, 6.45) is 0.739. The number of anilines is 1. The molecule has 1 rings (SSSR count). The Hall–Kier alpha value is -1.00. The topological polar surface area (TPSA) is 49.3 Å². The van der Waals surface area contributed by atoms with E-state index in [9.17, 15) is 4.79 Å². The predicted molar refractivity (Wildman–Crippen MR) is 68.8 cm³/mol. The van der Waals surface area contributed by atoms with Gasteiger partial charge in [-0.15, -0.1) is 0 Å². The SMILES string of the molecule is Cc1ccc(NC(=O)CSCCCO)cc1. The molecule has 1 aromatic rings. The lowest BCUT2D eigenvalue weighted by molar-refractivity contribution is -0.113. The lowest BCUT2D eigenvalue weighted by Crippen LogP contribution is -2.14. The molecule has 1 aromatic carbocycles. The number of hydrogen-bond donors (Lipinski definition) is 2. The molecule has 1 amide bonds. The molecule has 0 heterocycles. The second-order valence-electron chi connectivity index (χ2n) is 3.54. The summed E-state index contributed by atoms with van der Waals surface area (Å²) >= 11 is 1.54. The molecule has 88 valence electrons. The molecule has 0 bridgehead atoms. The Kier molecular flexibility index (Phi) is 5.96. The third-order valence-electron chi connectivity index (χ3n) is 2.02. The van der Waals surface area contributed by atoms with Crippen LogP contribution < -0.4 is 5.32 Å². The number of aliphatic hydroxyl groups is 1. The molecule has 16 heavy (non-hydrogen) atoms. The largest absolute Gasteiger partial charge is 0.396 e. The molecule has 0 atom stereocenters. The molecule has 0 unspecified atom stereocenters. The summed E-state index contributed by atoms with van der Waals surface area (Å²) in [7, 11) is 0. The van der Waals surface area contributed by atoms with Gasteiger partial charge in [-0.25, -0.2) is 0 Å². The minimum Gasteiger partial charge on any atom is -0.396 e. The first-order valence-corrected chi connectivity index (χ1v) is 6.43. The van der Waals surface area contributed by atoms with Crippen molar-refractivity contribution in [2.45, 2.75) is 13.3 Å². The average Bonchev–Trinajstić information content (AvgIpc) is 2.28. The normalized spacial score (nSPS) is 10.1. The molecule has 0 saturated carbocycles. The molecule has 3 nitrogen and oxygen atoms in total. The van der Waals surface area contributed by atoms with Crippen molar-refractivity contribution < 1.29 is 9.90 Å². The van der Waals surface area contributed by atoms with Crippen LogP contribution in [-0.2, 0) is 4.79 Å². The Labute approximate surface area is 100 Å². The monoisotopic (exact) mass is 239 g/mol. The molecule has 0 aromatic heterocycles. The molecule has 2 N–H and O–H groups in total. The summed E-state index contributed by atoms with van der Waals surface area (Å²) in [5.74, 6) is 1.26. The van der Waals surface area contributed by atoms with Crippen molar-refractivity contribution in [2.75, 3.05) is 23.4 Å². The molecule has 0 fully saturated rings. The van der Waals surface area contributed by atoms with Gasteiger partial charge in [-0.2, -0.15) is 11.8 Å². The van der Waals surface area contributed by atoms with Gasteiger partial charge in [0.1, 0.15) is 0 Å². The van der Waals surface area contributed by atoms with Crippen LogP contribution in [0.4, 0.5) is 5.69 Å². The lowest BCUT2D eigenvalue weighted by Gasteiger charge is -2.05. The Balaban J connectivity index is 2.26. The zero-order valence-corrected chi connectivity index (χ0v) is 10.2. The van der Waals surface area contributed by atoms with E-state index in [2.05, 4.69) is 5.32 Å². The summed E-state index contributed by atoms with van der Waals surface area (Å²) < 4.78 is 0. The summed E-state index contributed by atoms with van der Waals surface area (Å²) in [6, 6.07) is 7.72. The zero-order valence-electron chi connectivity index (χ0n) is 9.40. The Bertz CT molecular complexity index is 324. The molecule has 4 heteroatoms. The van der Waals surface area contributed by atoms with Crippen LogP contribution in [0.25, 0.3) is 0 Å². The maximum absolute atomic E-state index is 11.5. The third kappa shape index (κ3) is 5.19. The summed E-state index contributed by atoms with van der Waals surface area (Å²) in [5.41, 5.74) is 2.01. The quantitative estimate of drug-likeness (QED) is 0.747. The van der Waals surface area contributed by atoms with E-state index in [0.29, 0.717) is 5.75 Å². The highest BCUT2D eigenvalue weighted by Crippen LogP contribution is 2.09. The minimum atomic E-state index is 0.00629. The Morgan fingerprint density at radius 2 is 2.06 bits per heavy atom. The van der Waals surface area contributed by atoms with Crippen LogP contribution in [0.1, 0.15) is 12.0 Å². The number of benzene rings is 1. The first-order valence-electron chi connectivity index (χ1n) is 5.27. The number of rotatable bonds is 6. The second kappa shape index (κ2) is 7.30. The maximum atomic E-state index is 11.5. The summed E-state index contributed by atoms with van der Waals surface area (Å²) in [5, 5.41) is 11.4. The van der Waals surface area contributed by atoms with Gasteiger partial charge in [0, 0.05) is 12.3 Å². The van der Waals surface area contributed by atoms with Gasteiger partial charge in [-0.3, -0.25) is 4.79 Å². The first kappa shape index (κ1) is 13.1. The van der Waals surface area contributed by atoms with E-state index in [1.165, 1.54) is 17.3 Å². The average molecular weight is 239 g/mol. The highest BCUT2D eigenvalue weighted by molar-refractivity contribution is 7.99. The number of amides is 1. The minimum absolute atomic E-state index is 0.00629. The molecule has 0 aliphatic carbocycles. The van der Waals surface area contributed by atoms with Crippen LogP contribution in [0.5, 0.6) is 0 Å². The number of carbonyl (C=O) groups is 1. The van der Waals surface area contributed by atoms with Crippen molar-refractivity contribution in [1.82, 2.24) is 0 Å². The van der Waals surface area contributed by atoms with Gasteiger partial charge in [-0.05, 0) is 31.2 Å². The molecule has 0 radical (unpaired) electrons. The van der Waals surface area contributed by atoms with Gasteiger partial charge in [0.25, 0.3) is 0 Å². The number of aliphatic hydroxyl groups excluding tert-OH is 1. The van der Waals surface area contributed by atoms with Crippen LogP contribution in [0.15, 0.2) is 24.3 Å². The summed E-state index contributed by atoms with van der Waals surface area (Å²) in [6.45, 7) is 2.20. The van der Waals surface area contributed by atoms with Crippen LogP contribution in [-0.4, -0.2) is 29.1 Å². The molecule has 0 aliphatic heterocycles. The summed E-state index contributed by atoms with van der Waals surface area (Å²) in [4.78, 5) is 11.5. The standard InChI is InChI=1S/C12H17NO2S/c1-10-3-5-11(6-4-10)13-12(15)9-16-8-2-7-14/h3-6,14H,2,7-9H2,1H3,(H,13,15). The number of carbonyl (C=O) groups excluding carboxylic acids is 1. The van der Waals surface area contributed by atoms with Crippen LogP contribution in [0, 0.1) is 6.92 Å². The van der Waals surface area contributed by atoms with Crippen LogP contribution in [0.3, 0.4) is 0 Å². The van der Waals surface area contributed by atoms with E-state index < -0.39 is 0 Å². The molecule has 0 saturated heterocycles. The van der Waals surface area contributed by atoms with Gasteiger partial charge < -0.3 is 10.4 Å². The fourth-order valence-corrected chi connectivity index (χ4v) is 1.90. The van der Waals surface area contributed by atoms with E-state index in [1.54, 1.807) is 0 Å². The van der Waals surface area contributed by atoms with Crippen molar-refractivity contribution in [3.05, 3.63) is 29.8 Å². The van der Waals surface area contributed by atoms with Crippen molar-refractivity contribution >= 4 is 23.4 Å². The molecular weight excluding hydrogens is 222 g/mol. The number of nitrogens with one attached hydrogen (secondary N) is 1. The van der Waals surface area contributed by atoms with E-state index in [-0.39, 0.29) is 12.5 Å². The van der Waals surface area contributed by atoms with Crippen molar-refractivity contribution in [3.8, 4) is 0 Å². The number of aryl methyl sites for hydroxylation is 1. The van der Waals surface area contributed by atoms with E-state index in [4.69, 9.17) is 5.11 Å². The van der Waals surface area contributed by atoms with Crippen molar-refractivity contribution in [2.24, 2.45) is 0 Å². The smallest absolute Gasteiger partial charge is 0.234 e. The van der Waals surface area contributed by atoms with Crippen LogP contribution in [0.2, 0.25) is 0 Å². The molecule has 0 aliphatic rings. The highest BCUT2D eigenvalue weighted by atomic mass is 32.2. The predicted octanol–water partition coefficient (Wildman–Crippen LogP) is 2.05. The lowest BCUT2D eigenvalue weighted by atomic mass is 10.2. The van der Waals surface area contributed by atoms with E-state index in [1.807, 2.05) is 31.2 Å². The van der Waals surface area contributed by atoms with E-state index in [0.717, 1.165) is 17.9 Å². The zero-order chi connectivity index (χ0) is 11.8. The van der Waals surface area contributed by atoms with Crippen LogP contribution >= 0.6 is 11.8 Å². The van der Waals surface area contributed by atoms with Gasteiger partial charge in [-0.1, -0.05) is 17.7 Å². The Morgan fingerprint density at radius 3 is 2.69 bits per heavy atom. The number of thioether (sulfide) groups is 1. The van der Waals surface area contributed by atoms with Gasteiger partial charge >= 0.3 is 0 Å². The molecule has 0 spiro atoms. The maximum Gasteiger partial charge on any atom is 0.234 e.